The van der Waals surface area contributed by atoms with Crippen LogP contribution in [0.5, 0.6) is 5.75 Å². The highest BCUT2D eigenvalue weighted by Crippen LogP contribution is 2.23. The zero-order valence-electron chi connectivity index (χ0n) is 12.3. The van der Waals surface area contributed by atoms with E-state index in [0.717, 1.165) is 23.8 Å². The molecule has 7 nitrogen and oxygen atoms in total. The van der Waals surface area contributed by atoms with E-state index in [1.54, 1.807) is 12.1 Å². The van der Waals surface area contributed by atoms with Gasteiger partial charge in [0.1, 0.15) is 10.7 Å². The number of nitrogens with zero attached hydrogens (tertiary/aromatic N) is 1. The Bertz CT molecular complexity index is 693. The summed E-state index contributed by atoms with van der Waals surface area (Å²) in [4.78, 5) is 21.8. The molecular weight excluding hydrogens is 288 g/mol. The van der Waals surface area contributed by atoms with Gasteiger partial charge in [-0.3, -0.25) is 14.9 Å². The van der Waals surface area contributed by atoms with E-state index in [0.29, 0.717) is 12.3 Å². The maximum absolute atomic E-state index is 12.0. The second kappa shape index (κ2) is 6.75. The molecule has 2 rings (SSSR count). The SMILES string of the molecule is CCCOc1ccc(NC(=O)c2ccc([N+](=O)[O-])o2)c(C)c1. The van der Waals surface area contributed by atoms with Crippen molar-refractivity contribution >= 4 is 17.5 Å². The minimum atomic E-state index is -0.693. The van der Waals surface area contributed by atoms with Crippen molar-refractivity contribution in [2.75, 3.05) is 11.9 Å². The smallest absolute Gasteiger partial charge is 0.433 e. The molecule has 0 aliphatic heterocycles. The van der Waals surface area contributed by atoms with Gasteiger partial charge in [0.25, 0.3) is 5.91 Å². The Morgan fingerprint density at radius 2 is 2.14 bits per heavy atom. The molecule has 2 aromatic rings. The fourth-order valence-electron chi connectivity index (χ4n) is 1.82. The van der Waals surface area contributed by atoms with Crippen LogP contribution in [-0.2, 0) is 0 Å². The Morgan fingerprint density at radius 3 is 2.73 bits per heavy atom. The van der Waals surface area contributed by atoms with Crippen LogP contribution in [0.1, 0.15) is 29.5 Å². The lowest BCUT2D eigenvalue weighted by atomic mass is 10.2. The molecule has 0 radical (unpaired) electrons. The highest BCUT2D eigenvalue weighted by Gasteiger charge is 2.17. The second-order valence-electron chi connectivity index (χ2n) is 4.67. The quantitative estimate of drug-likeness (QED) is 0.650. The van der Waals surface area contributed by atoms with E-state index in [-0.39, 0.29) is 5.76 Å². The summed E-state index contributed by atoms with van der Waals surface area (Å²) in [7, 11) is 0. The van der Waals surface area contributed by atoms with Gasteiger partial charge in [0.2, 0.25) is 0 Å². The summed E-state index contributed by atoms with van der Waals surface area (Å²) in [6.07, 6.45) is 0.912. The third-order valence-electron chi connectivity index (χ3n) is 2.91. The Balaban J connectivity index is 2.09. The molecule has 0 aliphatic rings. The predicted octanol–water partition coefficient (Wildman–Crippen LogP) is 3.54. The van der Waals surface area contributed by atoms with Gasteiger partial charge in [-0.25, -0.2) is 0 Å². The maximum Gasteiger partial charge on any atom is 0.433 e. The highest BCUT2D eigenvalue weighted by molar-refractivity contribution is 6.02. The molecule has 0 bridgehead atoms. The average molecular weight is 304 g/mol. The number of rotatable bonds is 6. The number of furan rings is 1. The normalized spacial score (nSPS) is 10.3. The molecule has 1 aromatic carbocycles. The van der Waals surface area contributed by atoms with E-state index in [9.17, 15) is 14.9 Å². The van der Waals surface area contributed by atoms with Crippen LogP contribution in [0.4, 0.5) is 11.6 Å². The van der Waals surface area contributed by atoms with Gasteiger partial charge in [-0.2, -0.15) is 0 Å². The van der Waals surface area contributed by atoms with Crippen molar-refractivity contribution in [3.05, 3.63) is 51.8 Å². The Hall–Kier alpha value is -2.83. The van der Waals surface area contributed by atoms with Crippen molar-refractivity contribution in [3.63, 3.8) is 0 Å². The van der Waals surface area contributed by atoms with E-state index >= 15 is 0 Å². The lowest BCUT2D eigenvalue weighted by Crippen LogP contribution is -2.12. The largest absolute Gasteiger partial charge is 0.494 e. The van der Waals surface area contributed by atoms with Crippen LogP contribution < -0.4 is 10.1 Å². The Kier molecular flexibility index (Phi) is 4.77. The fourth-order valence-corrected chi connectivity index (χ4v) is 1.82. The van der Waals surface area contributed by atoms with Crippen LogP contribution in [0.15, 0.2) is 34.7 Å². The molecule has 0 spiro atoms. The fraction of sp³-hybridized carbons (Fsp3) is 0.267. The van der Waals surface area contributed by atoms with E-state index in [1.807, 2.05) is 19.9 Å². The van der Waals surface area contributed by atoms with Crippen LogP contribution in [0.2, 0.25) is 0 Å². The number of carbonyl (C=O) groups excluding carboxylic acids is 1. The summed E-state index contributed by atoms with van der Waals surface area (Å²) < 4.78 is 10.4. The van der Waals surface area contributed by atoms with Gasteiger partial charge < -0.3 is 14.5 Å². The molecule has 1 N–H and O–H groups in total. The first kappa shape index (κ1) is 15.6. The summed E-state index contributed by atoms with van der Waals surface area (Å²) in [5.74, 6) is -0.396. The molecule has 22 heavy (non-hydrogen) atoms. The molecule has 0 fully saturated rings. The first-order valence-electron chi connectivity index (χ1n) is 6.80. The van der Waals surface area contributed by atoms with Gasteiger partial charge in [-0.1, -0.05) is 6.92 Å². The number of hydrogen-bond acceptors (Lipinski definition) is 5. The van der Waals surface area contributed by atoms with Crippen LogP contribution >= 0.6 is 0 Å². The van der Waals surface area contributed by atoms with Crippen molar-refractivity contribution in [2.24, 2.45) is 0 Å². The molecular formula is C15H16N2O5. The van der Waals surface area contributed by atoms with E-state index < -0.39 is 16.7 Å². The van der Waals surface area contributed by atoms with E-state index in [4.69, 9.17) is 9.15 Å². The van der Waals surface area contributed by atoms with Crippen LogP contribution in [0.3, 0.4) is 0 Å². The summed E-state index contributed by atoms with van der Waals surface area (Å²) in [6, 6.07) is 7.69. The van der Waals surface area contributed by atoms with Crippen molar-refractivity contribution in [3.8, 4) is 5.75 Å². The number of hydrogen-bond donors (Lipinski definition) is 1. The van der Waals surface area contributed by atoms with Gasteiger partial charge in [0.05, 0.1) is 12.7 Å². The van der Waals surface area contributed by atoms with Crippen molar-refractivity contribution in [1.29, 1.82) is 0 Å². The monoisotopic (exact) mass is 304 g/mol. The number of benzene rings is 1. The summed E-state index contributed by atoms with van der Waals surface area (Å²) in [5.41, 5.74) is 1.41. The zero-order chi connectivity index (χ0) is 16.1. The summed E-state index contributed by atoms with van der Waals surface area (Å²) in [5, 5.41) is 13.2. The first-order chi connectivity index (χ1) is 10.5. The van der Waals surface area contributed by atoms with Crippen molar-refractivity contribution < 1.29 is 18.9 Å². The zero-order valence-corrected chi connectivity index (χ0v) is 12.3. The second-order valence-corrected chi connectivity index (χ2v) is 4.67. The third kappa shape index (κ3) is 3.63. The number of carbonyl (C=O) groups is 1. The third-order valence-corrected chi connectivity index (χ3v) is 2.91. The molecule has 0 atom stereocenters. The van der Waals surface area contributed by atoms with E-state index in [1.165, 1.54) is 6.07 Å². The summed E-state index contributed by atoms with van der Waals surface area (Å²) in [6.45, 7) is 4.48. The van der Waals surface area contributed by atoms with Gasteiger partial charge in [0, 0.05) is 5.69 Å². The number of amides is 1. The highest BCUT2D eigenvalue weighted by atomic mass is 16.6. The maximum atomic E-state index is 12.0. The molecule has 0 saturated carbocycles. The minimum absolute atomic E-state index is 0.114. The van der Waals surface area contributed by atoms with E-state index in [2.05, 4.69) is 5.32 Å². The predicted molar refractivity (Wildman–Crippen MR) is 80.3 cm³/mol. The lowest BCUT2D eigenvalue weighted by molar-refractivity contribution is -0.402. The van der Waals surface area contributed by atoms with Gasteiger partial charge in [-0.15, -0.1) is 0 Å². The molecule has 116 valence electrons. The molecule has 1 aromatic heterocycles. The van der Waals surface area contributed by atoms with Crippen molar-refractivity contribution in [1.82, 2.24) is 0 Å². The van der Waals surface area contributed by atoms with Crippen molar-refractivity contribution in [2.45, 2.75) is 20.3 Å². The minimum Gasteiger partial charge on any atom is -0.494 e. The Morgan fingerprint density at radius 1 is 1.36 bits per heavy atom. The molecule has 1 heterocycles. The van der Waals surface area contributed by atoms with Gasteiger partial charge in [-0.05, 0) is 43.2 Å². The average Bonchev–Trinajstić information content (AvgIpc) is 2.97. The molecule has 1 amide bonds. The summed E-state index contributed by atoms with van der Waals surface area (Å²) >= 11 is 0. The van der Waals surface area contributed by atoms with Crippen LogP contribution in [0.25, 0.3) is 0 Å². The van der Waals surface area contributed by atoms with Gasteiger partial charge >= 0.3 is 5.88 Å². The molecule has 0 saturated heterocycles. The number of ether oxygens (including phenoxy) is 1. The molecule has 7 heteroatoms. The number of anilines is 1. The number of aryl methyl sites for hydroxylation is 1. The number of nitrogens with one attached hydrogen (secondary N) is 1. The topological polar surface area (TPSA) is 94.6 Å². The Labute approximate surface area is 127 Å². The standard InChI is InChI=1S/C15H16N2O5/c1-3-8-21-11-4-5-12(10(2)9-11)16-15(18)13-6-7-14(22-13)17(19)20/h4-7,9H,3,8H2,1-2H3,(H,16,18). The molecule has 0 unspecified atom stereocenters. The van der Waals surface area contributed by atoms with Gasteiger partial charge in [0.15, 0.2) is 5.76 Å². The van der Waals surface area contributed by atoms with Crippen LogP contribution in [0, 0.1) is 17.0 Å². The first-order valence-corrected chi connectivity index (χ1v) is 6.80. The number of nitro groups is 1. The lowest BCUT2D eigenvalue weighted by Gasteiger charge is -2.10. The van der Waals surface area contributed by atoms with Crippen LogP contribution in [-0.4, -0.2) is 17.4 Å². The molecule has 0 aliphatic carbocycles.